The van der Waals surface area contributed by atoms with Crippen molar-refractivity contribution in [2.24, 2.45) is 5.92 Å². The largest absolute Gasteiger partial charge is 0.371 e. The molecule has 1 aliphatic heterocycles. The first-order valence-corrected chi connectivity index (χ1v) is 8.76. The number of anilines is 1. The van der Waals surface area contributed by atoms with E-state index >= 15 is 0 Å². The van der Waals surface area contributed by atoms with Gasteiger partial charge in [0.1, 0.15) is 0 Å². The second-order valence-corrected chi connectivity index (χ2v) is 6.76. The number of hydrogen-bond donors (Lipinski definition) is 1. The van der Waals surface area contributed by atoms with Crippen LogP contribution in [0.4, 0.5) is 5.69 Å². The third-order valence-corrected chi connectivity index (χ3v) is 5.42. The number of nitrogens with zero attached hydrogens (tertiary/aromatic N) is 2. The van der Waals surface area contributed by atoms with Gasteiger partial charge in [-0.05, 0) is 56.6 Å². The fraction of sp³-hybridized carbons (Fsp3) is 0.722. The Morgan fingerprint density at radius 1 is 1.00 bits per heavy atom. The van der Waals surface area contributed by atoms with Gasteiger partial charge in [0.05, 0.1) is 0 Å². The fourth-order valence-corrected chi connectivity index (χ4v) is 3.93. The zero-order valence-corrected chi connectivity index (χ0v) is 13.3. The van der Waals surface area contributed by atoms with E-state index in [-0.39, 0.29) is 0 Å². The van der Waals surface area contributed by atoms with Crippen LogP contribution in [-0.2, 0) is 0 Å². The van der Waals surface area contributed by atoms with Crippen LogP contribution >= 0.6 is 0 Å². The second-order valence-electron chi connectivity index (χ2n) is 6.76. The summed E-state index contributed by atoms with van der Waals surface area (Å²) in [6, 6.07) is 5.76. The summed E-state index contributed by atoms with van der Waals surface area (Å²) in [4.78, 5) is 6.60. The molecule has 116 valence electrons. The predicted octanol–water partition coefficient (Wildman–Crippen LogP) is 3.61. The lowest BCUT2D eigenvalue weighted by Gasteiger charge is -2.37. The van der Waals surface area contributed by atoms with Crippen LogP contribution in [0.25, 0.3) is 0 Å². The molecule has 0 unspecified atom stereocenters. The molecule has 1 aromatic heterocycles. The van der Waals surface area contributed by atoms with Gasteiger partial charge in [0.25, 0.3) is 0 Å². The average Bonchev–Trinajstić information content (AvgIpc) is 2.57. The molecular formula is C18H29N3. The topological polar surface area (TPSA) is 28.2 Å². The number of nitrogens with one attached hydrogen (secondary N) is 1. The summed E-state index contributed by atoms with van der Waals surface area (Å²) in [7, 11) is 0. The minimum absolute atomic E-state index is 0.728. The first-order chi connectivity index (χ1) is 10.3. The molecular weight excluding hydrogens is 258 g/mol. The Morgan fingerprint density at radius 2 is 1.62 bits per heavy atom. The molecule has 0 amide bonds. The van der Waals surface area contributed by atoms with Gasteiger partial charge in [0.2, 0.25) is 0 Å². The zero-order valence-electron chi connectivity index (χ0n) is 13.3. The van der Waals surface area contributed by atoms with E-state index in [2.05, 4.69) is 34.3 Å². The van der Waals surface area contributed by atoms with E-state index in [4.69, 9.17) is 0 Å². The molecule has 2 aliphatic rings. The van der Waals surface area contributed by atoms with E-state index in [0.717, 1.165) is 18.0 Å². The van der Waals surface area contributed by atoms with Crippen LogP contribution in [0.1, 0.15) is 51.9 Å². The van der Waals surface area contributed by atoms with Gasteiger partial charge in [0.15, 0.2) is 0 Å². The van der Waals surface area contributed by atoms with Gasteiger partial charge in [-0.3, -0.25) is 4.98 Å². The van der Waals surface area contributed by atoms with Crippen molar-refractivity contribution in [3.05, 3.63) is 24.5 Å². The van der Waals surface area contributed by atoms with E-state index in [1.807, 2.05) is 12.4 Å². The Balaban J connectivity index is 1.42. The Bertz CT molecular complexity index is 404. The molecule has 21 heavy (non-hydrogen) atoms. The summed E-state index contributed by atoms with van der Waals surface area (Å²) in [5.41, 5.74) is 1.33. The number of pyridine rings is 1. The lowest BCUT2D eigenvalue weighted by molar-refractivity contribution is 0.256. The molecule has 0 spiro atoms. The Kier molecular flexibility index (Phi) is 5.13. The SMILES string of the molecule is CCC1CCC(NC2CCN(c3ccncc3)CC2)CC1. The van der Waals surface area contributed by atoms with Crippen LogP contribution in [-0.4, -0.2) is 30.2 Å². The minimum atomic E-state index is 0.728. The fourth-order valence-electron chi connectivity index (χ4n) is 3.93. The lowest BCUT2D eigenvalue weighted by Crippen LogP contribution is -2.47. The summed E-state index contributed by atoms with van der Waals surface area (Å²) in [5.74, 6) is 0.997. The van der Waals surface area contributed by atoms with Gasteiger partial charge in [-0.15, -0.1) is 0 Å². The maximum Gasteiger partial charge on any atom is 0.0397 e. The van der Waals surface area contributed by atoms with Gasteiger partial charge in [-0.2, -0.15) is 0 Å². The summed E-state index contributed by atoms with van der Waals surface area (Å²) in [6.45, 7) is 4.69. The van der Waals surface area contributed by atoms with Gasteiger partial charge in [0, 0.05) is 43.3 Å². The molecule has 1 aliphatic carbocycles. The molecule has 2 heterocycles. The van der Waals surface area contributed by atoms with Crippen molar-refractivity contribution in [3.63, 3.8) is 0 Å². The number of piperidine rings is 1. The summed E-state index contributed by atoms with van der Waals surface area (Å²) >= 11 is 0. The summed E-state index contributed by atoms with van der Waals surface area (Å²) in [6.07, 6.45) is 13.4. The van der Waals surface area contributed by atoms with Crippen LogP contribution in [0.15, 0.2) is 24.5 Å². The normalized spacial score (nSPS) is 27.8. The zero-order chi connectivity index (χ0) is 14.5. The van der Waals surface area contributed by atoms with Crippen LogP contribution in [0.5, 0.6) is 0 Å². The molecule has 3 nitrogen and oxygen atoms in total. The van der Waals surface area contributed by atoms with Crippen molar-refractivity contribution in [1.29, 1.82) is 0 Å². The highest BCUT2D eigenvalue weighted by Crippen LogP contribution is 2.27. The first kappa shape index (κ1) is 14.8. The van der Waals surface area contributed by atoms with Gasteiger partial charge < -0.3 is 10.2 Å². The molecule has 0 bridgehead atoms. The summed E-state index contributed by atoms with van der Waals surface area (Å²) in [5, 5.41) is 3.94. The van der Waals surface area contributed by atoms with Crippen molar-refractivity contribution in [3.8, 4) is 0 Å². The maximum atomic E-state index is 4.11. The number of hydrogen-bond acceptors (Lipinski definition) is 3. The molecule has 3 heteroatoms. The van der Waals surface area contributed by atoms with E-state index in [9.17, 15) is 0 Å². The van der Waals surface area contributed by atoms with E-state index in [1.165, 1.54) is 63.7 Å². The van der Waals surface area contributed by atoms with Crippen LogP contribution in [0.2, 0.25) is 0 Å². The first-order valence-electron chi connectivity index (χ1n) is 8.76. The Hall–Kier alpha value is -1.09. The Labute approximate surface area is 129 Å². The van der Waals surface area contributed by atoms with Gasteiger partial charge in [-0.1, -0.05) is 13.3 Å². The van der Waals surface area contributed by atoms with Crippen LogP contribution in [0.3, 0.4) is 0 Å². The smallest absolute Gasteiger partial charge is 0.0397 e. The number of aromatic nitrogens is 1. The van der Waals surface area contributed by atoms with Crippen LogP contribution in [0, 0.1) is 5.92 Å². The molecule has 0 radical (unpaired) electrons. The number of rotatable bonds is 4. The molecule has 3 rings (SSSR count). The molecule has 1 aromatic rings. The third-order valence-electron chi connectivity index (χ3n) is 5.42. The van der Waals surface area contributed by atoms with Crippen molar-refractivity contribution in [2.45, 2.75) is 64.0 Å². The Morgan fingerprint density at radius 3 is 2.24 bits per heavy atom. The molecule has 1 N–H and O–H groups in total. The molecule has 1 saturated heterocycles. The summed E-state index contributed by atoms with van der Waals surface area (Å²) < 4.78 is 0. The maximum absolute atomic E-state index is 4.11. The second kappa shape index (κ2) is 7.26. The van der Waals surface area contributed by atoms with Crippen LogP contribution < -0.4 is 10.2 Å². The minimum Gasteiger partial charge on any atom is -0.371 e. The lowest BCUT2D eigenvalue weighted by atomic mass is 9.84. The van der Waals surface area contributed by atoms with Crippen molar-refractivity contribution in [2.75, 3.05) is 18.0 Å². The highest BCUT2D eigenvalue weighted by Gasteiger charge is 2.25. The molecule has 2 fully saturated rings. The monoisotopic (exact) mass is 287 g/mol. The molecule has 1 saturated carbocycles. The molecule has 0 atom stereocenters. The highest BCUT2D eigenvalue weighted by molar-refractivity contribution is 5.44. The standard InChI is InChI=1S/C18H29N3/c1-2-15-3-5-16(6-4-15)20-17-9-13-21(14-10-17)18-7-11-19-12-8-18/h7-8,11-12,15-17,20H,2-6,9-10,13-14H2,1H3. The van der Waals surface area contributed by atoms with Crippen molar-refractivity contribution < 1.29 is 0 Å². The molecule has 0 aromatic carbocycles. The van der Waals surface area contributed by atoms with Crippen molar-refractivity contribution >= 4 is 5.69 Å². The van der Waals surface area contributed by atoms with E-state index < -0.39 is 0 Å². The quantitative estimate of drug-likeness (QED) is 0.917. The van der Waals surface area contributed by atoms with Gasteiger partial charge in [-0.25, -0.2) is 0 Å². The highest BCUT2D eigenvalue weighted by atomic mass is 15.1. The predicted molar refractivity (Wildman–Crippen MR) is 88.6 cm³/mol. The van der Waals surface area contributed by atoms with Gasteiger partial charge >= 0.3 is 0 Å². The van der Waals surface area contributed by atoms with E-state index in [1.54, 1.807) is 0 Å². The van der Waals surface area contributed by atoms with E-state index in [0.29, 0.717) is 0 Å². The van der Waals surface area contributed by atoms with Crippen molar-refractivity contribution in [1.82, 2.24) is 10.3 Å². The third kappa shape index (κ3) is 3.97. The average molecular weight is 287 g/mol.